The average Bonchev–Trinajstić information content (AvgIpc) is 3.22. The number of fused-ring (bicyclic) bond motifs is 1. The van der Waals surface area contributed by atoms with Gasteiger partial charge in [0, 0.05) is 35.9 Å². The summed E-state index contributed by atoms with van der Waals surface area (Å²) in [5.41, 5.74) is 1.95. The number of nitrogens with zero attached hydrogens (tertiary/aromatic N) is 4. The number of hydrogen-bond donors (Lipinski definition) is 1. The maximum atomic E-state index is 4.86. The monoisotopic (exact) mass is 361 g/mol. The van der Waals surface area contributed by atoms with E-state index in [0.29, 0.717) is 12.0 Å². The zero-order valence-electron chi connectivity index (χ0n) is 16.1. The van der Waals surface area contributed by atoms with Gasteiger partial charge in [-0.3, -0.25) is 9.88 Å². The predicted octanol–water partition coefficient (Wildman–Crippen LogP) is 4.22. The van der Waals surface area contributed by atoms with Gasteiger partial charge in [-0.15, -0.1) is 0 Å². The third kappa shape index (κ3) is 3.93. The van der Waals surface area contributed by atoms with E-state index in [2.05, 4.69) is 35.1 Å². The van der Waals surface area contributed by atoms with Crippen molar-refractivity contribution in [1.29, 1.82) is 0 Å². The molecule has 0 aliphatic carbocycles. The molecule has 0 amide bonds. The Kier molecular flexibility index (Phi) is 5.30. The molecule has 1 unspecified atom stereocenters. The van der Waals surface area contributed by atoms with Crippen LogP contribution in [0.5, 0.6) is 0 Å². The van der Waals surface area contributed by atoms with Crippen LogP contribution in [0.1, 0.15) is 26.7 Å². The number of nitrogens with one attached hydrogen (secondary N) is 1. The molecule has 3 heterocycles. The number of anilines is 1. The minimum atomic E-state index is 0.519. The van der Waals surface area contributed by atoms with Crippen molar-refractivity contribution in [1.82, 2.24) is 19.9 Å². The lowest BCUT2D eigenvalue weighted by Crippen LogP contribution is -2.42. The minimum Gasteiger partial charge on any atom is -0.368 e. The third-order valence-electron chi connectivity index (χ3n) is 5.40. The van der Waals surface area contributed by atoms with E-state index in [4.69, 9.17) is 9.97 Å². The van der Waals surface area contributed by atoms with Crippen LogP contribution in [0.3, 0.4) is 0 Å². The van der Waals surface area contributed by atoms with Crippen molar-refractivity contribution < 1.29 is 0 Å². The van der Waals surface area contributed by atoms with E-state index in [1.165, 1.54) is 25.9 Å². The van der Waals surface area contributed by atoms with E-state index in [1.807, 2.05) is 30.3 Å². The van der Waals surface area contributed by atoms with Crippen LogP contribution in [-0.4, -0.2) is 45.5 Å². The van der Waals surface area contributed by atoms with Crippen molar-refractivity contribution in [2.75, 3.05) is 25.0 Å². The first-order valence-corrected chi connectivity index (χ1v) is 9.87. The zero-order chi connectivity index (χ0) is 18.6. The quantitative estimate of drug-likeness (QED) is 0.712. The molecule has 1 atom stereocenters. The Morgan fingerprint density at radius 2 is 1.74 bits per heavy atom. The first-order valence-electron chi connectivity index (χ1n) is 9.87. The fourth-order valence-corrected chi connectivity index (χ4v) is 3.90. The van der Waals surface area contributed by atoms with Gasteiger partial charge in [0.1, 0.15) is 5.82 Å². The lowest BCUT2D eigenvalue weighted by molar-refractivity contribution is 0.201. The third-order valence-corrected chi connectivity index (χ3v) is 5.40. The summed E-state index contributed by atoms with van der Waals surface area (Å²) >= 11 is 0. The van der Waals surface area contributed by atoms with Crippen molar-refractivity contribution in [3.8, 4) is 11.4 Å². The molecule has 4 rings (SSSR count). The van der Waals surface area contributed by atoms with Gasteiger partial charge in [-0.25, -0.2) is 9.97 Å². The molecule has 3 aromatic rings. The second-order valence-electron chi connectivity index (χ2n) is 7.58. The Hall–Kier alpha value is -2.53. The summed E-state index contributed by atoms with van der Waals surface area (Å²) in [6, 6.07) is 12.6. The number of hydrogen-bond acceptors (Lipinski definition) is 5. The van der Waals surface area contributed by atoms with E-state index in [1.54, 1.807) is 12.4 Å². The molecule has 1 saturated heterocycles. The van der Waals surface area contributed by atoms with Gasteiger partial charge in [-0.2, -0.15) is 0 Å². The topological polar surface area (TPSA) is 53.9 Å². The zero-order valence-corrected chi connectivity index (χ0v) is 16.1. The molecule has 140 valence electrons. The number of pyridine rings is 1. The standard InChI is InChI=1S/C22H27N5/c1-16(2)20(27-13-5-6-14-27)15-24-22-18-7-3-4-8-19(18)25-21(26-22)17-9-11-23-12-10-17/h3-4,7-12,16,20H,5-6,13-15H2,1-2H3,(H,24,25,26). The summed E-state index contributed by atoms with van der Waals surface area (Å²) in [4.78, 5) is 16.3. The summed E-state index contributed by atoms with van der Waals surface area (Å²) in [6.45, 7) is 7.93. The van der Waals surface area contributed by atoms with Gasteiger partial charge in [-0.05, 0) is 56.1 Å². The van der Waals surface area contributed by atoms with Crippen LogP contribution < -0.4 is 5.32 Å². The summed E-state index contributed by atoms with van der Waals surface area (Å²) in [7, 11) is 0. The van der Waals surface area contributed by atoms with Crippen molar-refractivity contribution in [2.24, 2.45) is 5.92 Å². The van der Waals surface area contributed by atoms with Crippen LogP contribution in [0.25, 0.3) is 22.3 Å². The van der Waals surface area contributed by atoms with Crippen molar-refractivity contribution >= 4 is 16.7 Å². The van der Waals surface area contributed by atoms with Crippen molar-refractivity contribution in [3.63, 3.8) is 0 Å². The molecule has 1 fully saturated rings. The Labute approximate surface area is 160 Å². The smallest absolute Gasteiger partial charge is 0.162 e. The molecule has 1 aliphatic heterocycles. The fourth-order valence-electron chi connectivity index (χ4n) is 3.90. The molecule has 0 spiro atoms. The van der Waals surface area contributed by atoms with Crippen molar-refractivity contribution in [2.45, 2.75) is 32.7 Å². The molecule has 27 heavy (non-hydrogen) atoms. The van der Waals surface area contributed by atoms with E-state index in [9.17, 15) is 0 Å². The maximum Gasteiger partial charge on any atom is 0.162 e. The van der Waals surface area contributed by atoms with E-state index in [0.717, 1.165) is 34.7 Å². The van der Waals surface area contributed by atoms with Crippen molar-refractivity contribution in [3.05, 3.63) is 48.8 Å². The van der Waals surface area contributed by atoms with Crippen LogP contribution in [0.2, 0.25) is 0 Å². The highest BCUT2D eigenvalue weighted by Crippen LogP contribution is 2.25. The normalized spacial score (nSPS) is 16.1. The number of rotatable bonds is 6. The van der Waals surface area contributed by atoms with Crippen LogP contribution in [0.4, 0.5) is 5.82 Å². The summed E-state index contributed by atoms with van der Waals surface area (Å²) in [5.74, 6) is 2.25. The predicted molar refractivity (Wildman–Crippen MR) is 111 cm³/mol. The molecule has 0 radical (unpaired) electrons. The molecule has 0 bridgehead atoms. The first kappa shape index (κ1) is 17.9. The highest BCUT2D eigenvalue weighted by molar-refractivity contribution is 5.90. The molecular formula is C22H27N5. The molecule has 0 saturated carbocycles. The largest absolute Gasteiger partial charge is 0.368 e. The van der Waals surface area contributed by atoms with Crippen LogP contribution in [-0.2, 0) is 0 Å². The Morgan fingerprint density at radius 1 is 1.00 bits per heavy atom. The molecule has 2 aromatic heterocycles. The molecule has 1 aromatic carbocycles. The molecular weight excluding hydrogens is 334 g/mol. The average molecular weight is 361 g/mol. The minimum absolute atomic E-state index is 0.519. The molecule has 1 aliphatic rings. The highest BCUT2D eigenvalue weighted by atomic mass is 15.2. The second-order valence-corrected chi connectivity index (χ2v) is 7.58. The van der Waals surface area contributed by atoms with Gasteiger partial charge in [0.15, 0.2) is 5.82 Å². The summed E-state index contributed by atoms with van der Waals surface area (Å²) < 4.78 is 0. The van der Waals surface area contributed by atoms with E-state index in [-0.39, 0.29) is 0 Å². The molecule has 5 heteroatoms. The van der Waals surface area contributed by atoms with E-state index >= 15 is 0 Å². The summed E-state index contributed by atoms with van der Waals surface area (Å²) in [5, 5.41) is 4.72. The molecule has 1 N–H and O–H groups in total. The van der Waals surface area contributed by atoms with E-state index < -0.39 is 0 Å². The van der Waals surface area contributed by atoms with Gasteiger partial charge >= 0.3 is 0 Å². The molecule has 5 nitrogen and oxygen atoms in total. The Morgan fingerprint density at radius 3 is 2.48 bits per heavy atom. The second kappa shape index (κ2) is 8.01. The highest BCUT2D eigenvalue weighted by Gasteiger charge is 2.24. The fraction of sp³-hybridized carbons (Fsp3) is 0.409. The first-order chi connectivity index (χ1) is 13.2. The Bertz CT molecular complexity index is 888. The van der Waals surface area contributed by atoms with Crippen LogP contribution >= 0.6 is 0 Å². The van der Waals surface area contributed by atoms with Gasteiger partial charge in [-0.1, -0.05) is 26.0 Å². The lowest BCUT2D eigenvalue weighted by atomic mass is 10.0. The number of benzene rings is 1. The van der Waals surface area contributed by atoms with Gasteiger partial charge in [0.25, 0.3) is 0 Å². The Balaban J connectivity index is 1.65. The summed E-state index contributed by atoms with van der Waals surface area (Å²) in [6.07, 6.45) is 6.18. The van der Waals surface area contributed by atoms with Gasteiger partial charge in [0.2, 0.25) is 0 Å². The SMILES string of the molecule is CC(C)C(CNc1nc(-c2ccncc2)nc2ccccc12)N1CCCC1. The van der Waals surface area contributed by atoms with Gasteiger partial charge < -0.3 is 5.32 Å². The number of aromatic nitrogens is 3. The number of likely N-dealkylation sites (tertiary alicyclic amines) is 1. The van der Waals surface area contributed by atoms with Crippen LogP contribution in [0, 0.1) is 5.92 Å². The maximum absolute atomic E-state index is 4.86. The lowest BCUT2D eigenvalue weighted by Gasteiger charge is -2.31. The van der Waals surface area contributed by atoms with Gasteiger partial charge in [0.05, 0.1) is 5.52 Å². The van der Waals surface area contributed by atoms with Crippen LogP contribution in [0.15, 0.2) is 48.8 Å². The number of para-hydroxylation sites is 1.